The van der Waals surface area contributed by atoms with Gasteiger partial charge < -0.3 is 10.2 Å². The number of rotatable bonds is 7. The van der Waals surface area contributed by atoms with Crippen LogP contribution in [0.1, 0.15) is 23.8 Å². The number of amides is 1. The highest BCUT2D eigenvalue weighted by Crippen LogP contribution is 2.28. The molecule has 4 nitrogen and oxygen atoms in total. The van der Waals surface area contributed by atoms with E-state index in [9.17, 15) is 4.79 Å². The van der Waals surface area contributed by atoms with Gasteiger partial charge in [0.25, 0.3) is 0 Å². The summed E-state index contributed by atoms with van der Waals surface area (Å²) in [4.78, 5) is 13.6. The number of fused-ring (bicyclic) bond motifs is 1. The molecule has 0 aliphatic heterocycles. The third kappa shape index (κ3) is 3.66. The maximum Gasteiger partial charge on any atom is 0.231 e. The van der Waals surface area contributed by atoms with Crippen LogP contribution in [-0.2, 0) is 24.3 Å². The number of nitrogens with two attached hydrogens (primary N) is 1. The van der Waals surface area contributed by atoms with Crippen LogP contribution in [0.25, 0.3) is 11.0 Å². The Bertz CT molecular complexity index is 824. The van der Waals surface area contributed by atoms with Crippen molar-refractivity contribution in [2.45, 2.75) is 26.4 Å². The molecule has 0 bridgehead atoms. The number of carbonyl (C=O) groups is 1. The van der Waals surface area contributed by atoms with Gasteiger partial charge in [0.05, 0.1) is 6.54 Å². The molecule has 0 radical (unpaired) electrons. The highest BCUT2D eigenvalue weighted by Gasteiger charge is 2.17. The first kappa shape index (κ1) is 16.3. The van der Waals surface area contributed by atoms with Gasteiger partial charge in [0, 0.05) is 30.5 Å². The topological polar surface area (TPSA) is 59.5 Å². The van der Waals surface area contributed by atoms with Crippen LogP contribution in [0.5, 0.6) is 0 Å². The maximum atomic E-state index is 11.5. The number of para-hydroxylation sites is 1. The van der Waals surface area contributed by atoms with Crippen molar-refractivity contribution in [3.05, 3.63) is 71.5 Å². The predicted octanol–water partition coefficient (Wildman–Crippen LogP) is 3.48. The Kier molecular flexibility index (Phi) is 4.96. The van der Waals surface area contributed by atoms with Gasteiger partial charge in [0.1, 0.15) is 11.3 Å². The van der Waals surface area contributed by atoms with E-state index in [1.54, 1.807) is 0 Å². The standard InChI is InChI=1S/C20H22N2O2/c1-2-18-17(16-10-6-7-11-19(16)24-18)13-22(14-20(21)23)12-15-8-4-3-5-9-15/h3-11H,2,12-14H2,1H3,(H2,21,23). The Labute approximate surface area is 141 Å². The first-order valence-corrected chi connectivity index (χ1v) is 8.21. The summed E-state index contributed by atoms with van der Waals surface area (Å²) in [7, 11) is 0. The zero-order valence-electron chi connectivity index (χ0n) is 13.9. The normalized spacial score (nSPS) is 11.2. The van der Waals surface area contributed by atoms with E-state index >= 15 is 0 Å². The van der Waals surface area contributed by atoms with E-state index < -0.39 is 0 Å². The molecular weight excluding hydrogens is 300 g/mol. The number of carbonyl (C=O) groups excluding carboxylic acids is 1. The van der Waals surface area contributed by atoms with Crippen molar-refractivity contribution < 1.29 is 9.21 Å². The largest absolute Gasteiger partial charge is 0.461 e. The van der Waals surface area contributed by atoms with Gasteiger partial charge in [-0.3, -0.25) is 9.69 Å². The molecule has 0 unspecified atom stereocenters. The molecule has 1 amide bonds. The summed E-state index contributed by atoms with van der Waals surface area (Å²) in [5.41, 5.74) is 8.65. The number of benzene rings is 2. The fraction of sp³-hybridized carbons (Fsp3) is 0.250. The Hall–Kier alpha value is -2.59. The third-order valence-electron chi connectivity index (χ3n) is 4.11. The van der Waals surface area contributed by atoms with Crippen molar-refractivity contribution in [1.82, 2.24) is 4.90 Å². The van der Waals surface area contributed by atoms with Crippen LogP contribution in [-0.4, -0.2) is 17.4 Å². The molecule has 0 fully saturated rings. The average molecular weight is 322 g/mol. The molecule has 2 aromatic carbocycles. The maximum absolute atomic E-state index is 11.5. The average Bonchev–Trinajstić information content (AvgIpc) is 2.93. The molecule has 4 heteroatoms. The van der Waals surface area contributed by atoms with Gasteiger partial charge in [-0.15, -0.1) is 0 Å². The smallest absolute Gasteiger partial charge is 0.231 e. The molecular formula is C20H22N2O2. The number of primary amides is 1. The summed E-state index contributed by atoms with van der Waals surface area (Å²) < 4.78 is 5.96. The first-order valence-electron chi connectivity index (χ1n) is 8.21. The van der Waals surface area contributed by atoms with Gasteiger partial charge in [-0.05, 0) is 11.6 Å². The van der Waals surface area contributed by atoms with Gasteiger partial charge in [0.15, 0.2) is 0 Å². The zero-order valence-corrected chi connectivity index (χ0v) is 13.9. The molecule has 0 spiro atoms. The zero-order chi connectivity index (χ0) is 16.9. The molecule has 0 aliphatic rings. The van der Waals surface area contributed by atoms with E-state index in [0.717, 1.165) is 34.3 Å². The Morgan fingerprint density at radius 2 is 1.75 bits per heavy atom. The van der Waals surface area contributed by atoms with Crippen LogP contribution in [0.2, 0.25) is 0 Å². The van der Waals surface area contributed by atoms with Crippen LogP contribution in [0.15, 0.2) is 59.0 Å². The Morgan fingerprint density at radius 3 is 2.46 bits per heavy atom. The van der Waals surface area contributed by atoms with Crippen LogP contribution in [0, 0.1) is 0 Å². The van der Waals surface area contributed by atoms with Gasteiger partial charge >= 0.3 is 0 Å². The molecule has 24 heavy (non-hydrogen) atoms. The minimum absolute atomic E-state index is 0.220. The Morgan fingerprint density at radius 1 is 1.04 bits per heavy atom. The van der Waals surface area contributed by atoms with Crippen molar-refractivity contribution in [2.24, 2.45) is 5.73 Å². The van der Waals surface area contributed by atoms with Crippen LogP contribution >= 0.6 is 0 Å². The van der Waals surface area contributed by atoms with Crippen molar-refractivity contribution in [3.63, 3.8) is 0 Å². The summed E-state index contributed by atoms with van der Waals surface area (Å²) in [6.45, 7) is 3.61. The molecule has 3 rings (SSSR count). The van der Waals surface area contributed by atoms with Gasteiger partial charge in [-0.2, -0.15) is 0 Å². The fourth-order valence-corrected chi connectivity index (χ4v) is 3.06. The molecule has 1 heterocycles. The van der Waals surface area contributed by atoms with E-state index in [1.165, 1.54) is 0 Å². The quantitative estimate of drug-likeness (QED) is 0.724. The monoisotopic (exact) mass is 322 g/mol. The second-order valence-electron chi connectivity index (χ2n) is 5.95. The second-order valence-corrected chi connectivity index (χ2v) is 5.95. The SMILES string of the molecule is CCc1oc2ccccc2c1CN(CC(N)=O)Cc1ccccc1. The van der Waals surface area contributed by atoms with E-state index in [-0.39, 0.29) is 12.5 Å². The van der Waals surface area contributed by atoms with E-state index in [1.807, 2.05) is 36.4 Å². The number of hydrogen-bond donors (Lipinski definition) is 1. The van der Waals surface area contributed by atoms with E-state index in [0.29, 0.717) is 13.1 Å². The first-order chi connectivity index (χ1) is 11.7. The molecule has 1 aromatic heterocycles. The second kappa shape index (κ2) is 7.32. The minimum atomic E-state index is -0.322. The molecule has 124 valence electrons. The fourth-order valence-electron chi connectivity index (χ4n) is 3.06. The van der Waals surface area contributed by atoms with Crippen LogP contribution in [0.4, 0.5) is 0 Å². The highest BCUT2D eigenvalue weighted by atomic mass is 16.3. The highest BCUT2D eigenvalue weighted by molar-refractivity contribution is 5.82. The number of hydrogen-bond acceptors (Lipinski definition) is 3. The third-order valence-corrected chi connectivity index (χ3v) is 4.11. The molecule has 0 saturated carbocycles. The van der Waals surface area contributed by atoms with Gasteiger partial charge in [0.2, 0.25) is 5.91 Å². The lowest BCUT2D eigenvalue weighted by molar-refractivity contribution is -0.119. The van der Waals surface area contributed by atoms with Crippen molar-refractivity contribution >= 4 is 16.9 Å². The molecule has 3 aromatic rings. The number of nitrogens with zero attached hydrogens (tertiary/aromatic N) is 1. The van der Waals surface area contributed by atoms with E-state index in [2.05, 4.69) is 30.0 Å². The minimum Gasteiger partial charge on any atom is -0.461 e. The lowest BCUT2D eigenvalue weighted by Crippen LogP contribution is -2.33. The van der Waals surface area contributed by atoms with Crippen LogP contribution in [0.3, 0.4) is 0 Å². The Balaban J connectivity index is 1.91. The summed E-state index contributed by atoms with van der Waals surface area (Å²) >= 11 is 0. The number of aryl methyl sites for hydroxylation is 1. The summed E-state index contributed by atoms with van der Waals surface area (Å²) in [5.74, 6) is 0.649. The lowest BCUT2D eigenvalue weighted by Gasteiger charge is -2.21. The summed E-state index contributed by atoms with van der Waals surface area (Å²) in [6, 6.07) is 18.1. The molecule has 2 N–H and O–H groups in total. The van der Waals surface area contributed by atoms with Gasteiger partial charge in [-0.25, -0.2) is 0 Å². The lowest BCUT2D eigenvalue weighted by atomic mass is 10.1. The molecule has 0 atom stereocenters. The number of furan rings is 1. The van der Waals surface area contributed by atoms with Crippen molar-refractivity contribution in [1.29, 1.82) is 0 Å². The van der Waals surface area contributed by atoms with Crippen molar-refractivity contribution in [2.75, 3.05) is 6.54 Å². The molecule has 0 aliphatic carbocycles. The van der Waals surface area contributed by atoms with E-state index in [4.69, 9.17) is 10.2 Å². The van der Waals surface area contributed by atoms with Gasteiger partial charge in [-0.1, -0.05) is 55.5 Å². The summed E-state index contributed by atoms with van der Waals surface area (Å²) in [5, 5.41) is 1.11. The predicted molar refractivity (Wildman–Crippen MR) is 95.3 cm³/mol. The molecule has 0 saturated heterocycles. The summed E-state index contributed by atoms with van der Waals surface area (Å²) in [6.07, 6.45) is 0.819. The van der Waals surface area contributed by atoms with Crippen LogP contribution < -0.4 is 5.73 Å². The van der Waals surface area contributed by atoms with Crippen molar-refractivity contribution in [3.8, 4) is 0 Å².